The molecule has 0 spiro atoms. The van der Waals surface area contributed by atoms with Gasteiger partial charge in [-0.1, -0.05) is 22.0 Å². The highest BCUT2D eigenvalue weighted by molar-refractivity contribution is 9.10. The highest BCUT2D eigenvalue weighted by Gasteiger charge is 2.20. The van der Waals surface area contributed by atoms with Gasteiger partial charge in [0.25, 0.3) is 0 Å². The fraction of sp³-hybridized carbons (Fsp3) is 0.400. The van der Waals surface area contributed by atoms with Crippen LogP contribution < -0.4 is 14.4 Å². The van der Waals surface area contributed by atoms with Crippen LogP contribution in [0.5, 0.6) is 11.5 Å². The van der Waals surface area contributed by atoms with Crippen molar-refractivity contribution in [3.05, 3.63) is 53.0 Å². The molecule has 1 aliphatic rings. The van der Waals surface area contributed by atoms with E-state index in [0.717, 1.165) is 42.2 Å². The van der Waals surface area contributed by atoms with E-state index >= 15 is 0 Å². The maximum atomic E-state index is 10.3. The molecule has 2 aromatic carbocycles. The normalized spacial score (nSPS) is 16.3. The van der Waals surface area contributed by atoms with E-state index in [-0.39, 0.29) is 0 Å². The molecule has 1 atom stereocenters. The lowest BCUT2D eigenvalue weighted by Crippen LogP contribution is -2.49. The number of anilines is 1. The molecular formula is C20H25BrN2O3. The van der Waals surface area contributed by atoms with Crippen molar-refractivity contribution in [3.8, 4) is 11.5 Å². The average molecular weight is 421 g/mol. The molecule has 1 aliphatic heterocycles. The quantitative estimate of drug-likeness (QED) is 0.745. The van der Waals surface area contributed by atoms with Crippen molar-refractivity contribution in [2.75, 3.05) is 51.3 Å². The predicted octanol–water partition coefficient (Wildman–Crippen LogP) is 3.02. The van der Waals surface area contributed by atoms with Crippen LogP contribution in [0.4, 0.5) is 5.69 Å². The first-order valence-corrected chi connectivity index (χ1v) is 9.61. The van der Waals surface area contributed by atoms with Gasteiger partial charge < -0.3 is 19.5 Å². The van der Waals surface area contributed by atoms with E-state index in [2.05, 4.69) is 37.9 Å². The summed E-state index contributed by atoms with van der Waals surface area (Å²) in [6.07, 6.45) is -0.498. The molecule has 1 fully saturated rings. The maximum Gasteiger partial charge on any atom is 0.120 e. The van der Waals surface area contributed by atoms with Crippen LogP contribution in [0.3, 0.4) is 0 Å². The fourth-order valence-electron chi connectivity index (χ4n) is 3.07. The number of ether oxygens (including phenoxy) is 2. The number of nitrogens with zero attached hydrogens (tertiary/aromatic N) is 2. The zero-order valence-corrected chi connectivity index (χ0v) is 16.6. The Balaban J connectivity index is 1.42. The zero-order chi connectivity index (χ0) is 18.4. The number of methoxy groups -OCH3 is 1. The Morgan fingerprint density at radius 2 is 1.77 bits per heavy atom. The van der Waals surface area contributed by atoms with E-state index in [0.29, 0.717) is 13.2 Å². The SMILES string of the molecule is COc1cccc(N2CCN(CC(O)COc3ccc(Br)cc3)CC2)c1. The van der Waals surface area contributed by atoms with Crippen molar-refractivity contribution >= 4 is 21.6 Å². The summed E-state index contributed by atoms with van der Waals surface area (Å²) in [5, 5.41) is 10.3. The standard InChI is InChI=1S/C20H25BrN2O3/c1-25-20-4-2-3-17(13-20)23-11-9-22(10-12-23)14-18(24)15-26-19-7-5-16(21)6-8-19/h2-8,13,18,24H,9-12,14-15H2,1H3. The second-order valence-corrected chi connectivity index (χ2v) is 7.32. The van der Waals surface area contributed by atoms with E-state index in [1.807, 2.05) is 36.4 Å². The van der Waals surface area contributed by atoms with Crippen molar-refractivity contribution < 1.29 is 14.6 Å². The molecular weight excluding hydrogens is 396 g/mol. The number of rotatable bonds is 7. The summed E-state index contributed by atoms with van der Waals surface area (Å²) in [6, 6.07) is 15.8. The molecule has 5 nitrogen and oxygen atoms in total. The Morgan fingerprint density at radius 1 is 1.04 bits per heavy atom. The molecule has 0 aromatic heterocycles. The lowest BCUT2D eigenvalue weighted by molar-refractivity contribution is 0.0663. The number of β-amino-alcohol motifs (C(OH)–C–C–N with tert-alkyl or cyclic N) is 1. The van der Waals surface area contributed by atoms with E-state index in [1.165, 1.54) is 5.69 Å². The molecule has 1 unspecified atom stereocenters. The summed E-state index contributed by atoms with van der Waals surface area (Å²) in [4.78, 5) is 4.63. The van der Waals surface area contributed by atoms with Crippen LogP contribution in [0.1, 0.15) is 0 Å². The molecule has 26 heavy (non-hydrogen) atoms. The molecule has 0 saturated carbocycles. The second kappa shape index (κ2) is 9.26. The molecule has 0 aliphatic carbocycles. The number of hydrogen-bond acceptors (Lipinski definition) is 5. The topological polar surface area (TPSA) is 45.2 Å². The number of piperazine rings is 1. The van der Waals surface area contributed by atoms with Gasteiger partial charge in [0, 0.05) is 49.0 Å². The monoisotopic (exact) mass is 420 g/mol. The smallest absolute Gasteiger partial charge is 0.120 e. The Kier molecular flexibility index (Phi) is 6.77. The van der Waals surface area contributed by atoms with Gasteiger partial charge in [0.1, 0.15) is 24.2 Å². The minimum absolute atomic E-state index is 0.303. The summed E-state index contributed by atoms with van der Waals surface area (Å²) in [7, 11) is 1.69. The molecule has 0 radical (unpaired) electrons. The molecule has 1 heterocycles. The van der Waals surface area contributed by atoms with Gasteiger partial charge in [-0.3, -0.25) is 4.90 Å². The fourth-order valence-corrected chi connectivity index (χ4v) is 3.33. The summed E-state index contributed by atoms with van der Waals surface area (Å²) < 4.78 is 12.0. The summed E-state index contributed by atoms with van der Waals surface area (Å²) in [5.41, 5.74) is 1.18. The van der Waals surface area contributed by atoms with E-state index in [9.17, 15) is 5.11 Å². The second-order valence-electron chi connectivity index (χ2n) is 6.41. The summed E-state index contributed by atoms with van der Waals surface area (Å²) in [5.74, 6) is 1.65. The lowest BCUT2D eigenvalue weighted by Gasteiger charge is -2.37. The highest BCUT2D eigenvalue weighted by Crippen LogP contribution is 2.22. The number of halogens is 1. The molecule has 6 heteroatoms. The first kappa shape index (κ1) is 19.0. The van der Waals surface area contributed by atoms with Gasteiger partial charge in [0.2, 0.25) is 0 Å². The Hall–Kier alpha value is -1.76. The van der Waals surface area contributed by atoms with Crippen LogP contribution in [0.15, 0.2) is 53.0 Å². The minimum Gasteiger partial charge on any atom is -0.497 e. The third-order valence-corrected chi connectivity index (χ3v) is 5.04. The summed E-state index contributed by atoms with van der Waals surface area (Å²) in [6.45, 7) is 4.65. The predicted molar refractivity (Wildman–Crippen MR) is 107 cm³/mol. The zero-order valence-electron chi connectivity index (χ0n) is 15.0. The van der Waals surface area contributed by atoms with Crippen molar-refractivity contribution in [1.82, 2.24) is 4.90 Å². The summed E-state index contributed by atoms with van der Waals surface area (Å²) >= 11 is 3.40. The minimum atomic E-state index is -0.498. The van der Waals surface area contributed by atoms with Crippen LogP contribution in [0.25, 0.3) is 0 Å². The molecule has 0 amide bonds. The largest absolute Gasteiger partial charge is 0.497 e. The Bertz CT molecular complexity index is 688. The van der Waals surface area contributed by atoms with Crippen LogP contribution in [-0.4, -0.2) is 62.6 Å². The van der Waals surface area contributed by atoms with Crippen molar-refractivity contribution in [1.29, 1.82) is 0 Å². The van der Waals surface area contributed by atoms with Gasteiger partial charge >= 0.3 is 0 Å². The van der Waals surface area contributed by atoms with Crippen molar-refractivity contribution in [3.63, 3.8) is 0 Å². The van der Waals surface area contributed by atoms with Crippen LogP contribution >= 0.6 is 15.9 Å². The number of hydrogen-bond donors (Lipinski definition) is 1. The Labute approximate surface area is 163 Å². The van der Waals surface area contributed by atoms with Crippen LogP contribution in [0, 0.1) is 0 Å². The molecule has 2 aromatic rings. The third kappa shape index (κ3) is 5.37. The van der Waals surface area contributed by atoms with E-state index in [4.69, 9.17) is 9.47 Å². The number of aliphatic hydroxyl groups excluding tert-OH is 1. The molecule has 1 saturated heterocycles. The van der Waals surface area contributed by atoms with Gasteiger partial charge in [-0.15, -0.1) is 0 Å². The molecule has 3 rings (SSSR count). The lowest BCUT2D eigenvalue weighted by atomic mass is 10.2. The average Bonchev–Trinajstić information content (AvgIpc) is 2.68. The van der Waals surface area contributed by atoms with Gasteiger partial charge in [0.15, 0.2) is 0 Å². The van der Waals surface area contributed by atoms with E-state index < -0.39 is 6.10 Å². The Morgan fingerprint density at radius 3 is 2.46 bits per heavy atom. The first-order valence-electron chi connectivity index (χ1n) is 8.82. The van der Waals surface area contributed by atoms with Gasteiger partial charge in [-0.25, -0.2) is 0 Å². The van der Waals surface area contributed by atoms with Gasteiger partial charge in [0.05, 0.1) is 7.11 Å². The molecule has 140 valence electrons. The first-order chi connectivity index (χ1) is 12.6. The van der Waals surface area contributed by atoms with Gasteiger partial charge in [-0.2, -0.15) is 0 Å². The van der Waals surface area contributed by atoms with E-state index in [1.54, 1.807) is 7.11 Å². The number of aliphatic hydroxyl groups is 1. The highest BCUT2D eigenvalue weighted by atomic mass is 79.9. The van der Waals surface area contributed by atoms with Gasteiger partial charge in [-0.05, 0) is 36.4 Å². The molecule has 1 N–H and O–H groups in total. The van der Waals surface area contributed by atoms with Crippen LogP contribution in [-0.2, 0) is 0 Å². The van der Waals surface area contributed by atoms with Crippen molar-refractivity contribution in [2.24, 2.45) is 0 Å². The third-order valence-electron chi connectivity index (χ3n) is 4.52. The maximum absolute atomic E-state index is 10.3. The van der Waals surface area contributed by atoms with Crippen LogP contribution in [0.2, 0.25) is 0 Å². The molecule has 0 bridgehead atoms. The van der Waals surface area contributed by atoms with Crippen molar-refractivity contribution in [2.45, 2.75) is 6.10 Å². The number of benzene rings is 2.